The van der Waals surface area contributed by atoms with Crippen LogP contribution in [0.5, 0.6) is 0 Å². The minimum absolute atomic E-state index is 0.0646. The van der Waals surface area contributed by atoms with E-state index >= 15 is 0 Å². The molecule has 0 bridgehead atoms. The maximum absolute atomic E-state index is 14.0. The summed E-state index contributed by atoms with van der Waals surface area (Å²) in [5.41, 5.74) is -0.920. The van der Waals surface area contributed by atoms with E-state index in [4.69, 9.17) is 0 Å². The first-order valence-corrected chi connectivity index (χ1v) is 12.0. The molecule has 1 aromatic carbocycles. The second-order valence-corrected chi connectivity index (χ2v) is 9.24. The summed E-state index contributed by atoms with van der Waals surface area (Å²) in [6, 6.07) is 3.96. The zero-order valence-electron chi connectivity index (χ0n) is 18.0. The zero-order chi connectivity index (χ0) is 24.8. The van der Waals surface area contributed by atoms with Crippen LogP contribution in [0.25, 0.3) is 0 Å². The summed E-state index contributed by atoms with van der Waals surface area (Å²) >= 11 is 0. The van der Waals surface area contributed by atoms with Crippen LogP contribution in [0.3, 0.4) is 0 Å². The smallest absolute Gasteiger partial charge is 0.352 e. The fourth-order valence-electron chi connectivity index (χ4n) is 3.02. The Balaban J connectivity index is 2.02. The second-order valence-electron chi connectivity index (χ2n) is 7.49. The van der Waals surface area contributed by atoms with Gasteiger partial charge >= 0.3 is 6.18 Å². The predicted molar refractivity (Wildman–Crippen MR) is 113 cm³/mol. The van der Waals surface area contributed by atoms with Crippen LogP contribution in [0.4, 0.5) is 27.6 Å². The highest BCUT2D eigenvalue weighted by Crippen LogP contribution is 2.29. The van der Waals surface area contributed by atoms with Crippen molar-refractivity contribution in [2.24, 2.45) is 0 Å². The molecule has 1 heterocycles. The number of amides is 1. The molecule has 2 N–H and O–H groups in total. The average molecular weight is 493 g/mol. The van der Waals surface area contributed by atoms with Crippen molar-refractivity contribution in [1.82, 2.24) is 10.3 Å². The van der Waals surface area contributed by atoms with E-state index in [1.807, 2.05) is 6.92 Å². The molecule has 12 heteroatoms. The SMILES string of the molecule is CCCCc1nc(C(F)(F)F)ccc1CCC(=O)NCc1cc(F)c(NS(C)(=O)=O)c(F)c1. The molecule has 1 amide bonds. The van der Waals surface area contributed by atoms with Crippen molar-refractivity contribution in [1.29, 1.82) is 0 Å². The minimum Gasteiger partial charge on any atom is -0.352 e. The third-order valence-corrected chi connectivity index (χ3v) is 5.20. The number of halogens is 5. The molecule has 0 aliphatic carbocycles. The number of alkyl halides is 3. The molecule has 0 unspecified atom stereocenters. The lowest BCUT2D eigenvalue weighted by atomic mass is 10.0. The van der Waals surface area contributed by atoms with Gasteiger partial charge in [0.25, 0.3) is 0 Å². The molecule has 0 radical (unpaired) electrons. The third-order valence-electron chi connectivity index (χ3n) is 4.63. The molecule has 0 atom stereocenters. The Morgan fingerprint density at radius 1 is 1.09 bits per heavy atom. The summed E-state index contributed by atoms with van der Waals surface area (Å²) in [6.07, 6.45) is -1.96. The fraction of sp³-hybridized carbons (Fsp3) is 0.429. The summed E-state index contributed by atoms with van der Waals surface area (Å²) < 4.78 is 91.0. The second kappa shape index (κ2) is 10.9. The number of carbonyl (C=O) groups excluding carboxylic acids is 1. The Labute approximate surface area is 188 Å². The van der Waals surface area contributed by atoms with Gasteiger partial charge in [0.15, 0.2) is 11.6 Å². The van der Waals surface area contributed by atoms with E-state index in [0.717, 1.165) is 30.9 Å². The van der Waals surface area contributed by atoms with Crippen LogP contribution in [0.15, 0.2) is 24.3 Å². The number of sulfonamides is 1. The van der Waals surface area contributed by atoms with Crippen LogP contribution >= 0.6 is 0 Å². The third kappa shape index (κ3) is 8.26. The van der Waals surface area contributed by atoms with Crippen molar-refractivity contribution >= 4 is 21.6 Å². The number of hydrogen-bond acceptors (Lipinski definition) is 4. The van der Waals surface area contributed by atoms with Crippen molar-refractivity contribution < 1.29 is 35.2 Å². The number of aromatic nitrogens is 1. The monoisotopic (exact) mass is 493 g/mol. The average Bonchev–Trinajstić information content (AvgIpc) is 2.70. The highest BCUT2D eigenvalue weighted by atomic mass is 32.2. The quantitative estimate of drug-likeness (QED) is 0.482. The maximum atomic E-state index is 14.0. The highest BCUT2D eigenvalue weighted by molar-refractivity contribution is 7.92. The first-order chi connectivity index (χ1) is 15.3. The van der Waals surface area contributed by atoms with Crippen LogP contribution in [-0.4, -0.2) is 25.6 Å². The molecule has 0 fully saturated rings. The Bertz CT molecular complexity index is 1080. The normalized spacial score (nSPS) is 12.0. The summed E-state index contributed by atoms with van der Waals surface area (Å²) in [5, 5.41) is 2.48. The number of pyridine rings is 1. The van der Waals surface area contributed by atoms with Crippen molar-refractivity contribution in [3.05, 3.63) is 58.4 Å². The number of nitrogens with zero attached hydrogens (tertiary/aromatic N) is 1. The van der Waals surface area contributed by atoms with Gasteiger partial charge in [-0.3, -0.25) is 9.52 Å². The first kappa shape index (κ1) is 26.5. The summed E-state index contributed by atoms with van der Waals surface area (Å²) in [4.78, 5) is 15.9. The van der Waals surface area contributed by atoms with Gasteiger partial charge in [0, 0.05) is 18.7 Å². The van der Waals surface area contributed by atoms with Crippen molar-refractivity contribution in [3.8, 4) is 0 Å². The Morgan fingerprint density at radius 2 is 1.73 bits per heavy atom. The van der Waals surface area contributed by atoms with Crippen molar-refractivity contribution in [2.45, 2.75) is 51.7 Å². The number of aryl methyl sites for hydroxylation is 2. The van der Waals surface area contributed by atoms with Gasteiger partial charge in [0.1, 0.15) is 11.4 Å². The molecule has 33 heavy (non-hydrogen) atoms. The van der Waals surface area contributed by atoms with E-state index in [1.54, 1.807) is 4.72 Å². The number of nitrogens with one attached hydrogen (secondary N) is 2. The molecule has 0 aliphatic heterocycles. The maximum Gasteiger partial charge on any atom is 0.433 e. The number of benzene rings is 1. The van der Waals surface area contributed by atoms with Gasteiger partial charge in [-0.2, -0.15) is 13.2 Å². The topological polar surface area (TPSA) is 88.2 Å². The lowest BCUT2D eigenvalue weighted by Crippen LogP contribution is -2.23. The number of unbranched alkanes of at least 4 members (excludes halogenated alkanes) is 1. The van der Waals surface area contributed by atoms with Crippen LogP contribution in [0.2, 0.25) is 0 Å². The molecule has 182 valence electrons. The van der Waals surface area contributed by atoms with E-state index < -0.39 is 45.1 Å². The van der Waals surface area contributed by atoms with E-state index in [0.29, 0.717) is 18.4 Å². The van der Waals surface area contributed by atoms with Gasteiger partial charge in [-0.05, 0) is 48.6 Å². The van der Waals surface area contributed by atoms with Crippen LogP contribution < -0.4 is 10.0 Å². The summed E-state index contributed by atoms with van der Waals surface area (Å²) in [6.45, 7) is 1.68. The molecule has 0 aliphatic rings. The van der Waals surface area contributed by atoms with Gasteiger partial charge < -0.3 is 5.32 Å². The number of carbonyl (C=O) groups is 1. The predicted octanol–water partition coefficient (Wildman–Crippen LogP) is 4.34. The Morgan fingerprint density at radius 3 is 2.27 bits per heavy atom. The molecule has 0 spiro atoms. The van der Waals surface area contributed by atoms with Crippen molar-refractivity contribution in [2.75, 3.05) is 11.0 Å². The van der Waals surface area contributed by atoms with Gasteiger partial charge in [-0.25, -0.2) is 22.2 Å². The lowest BCUT2D eigenvalue weighted by molar-refractivity contribution is -0.141. The largest absolute Gasteiger partial charge is 0.433 e. The van der Waals surface area contributed by atoms with Gasteiger partial charge in [0.2, 0.25) is 15.9 Å². The van der Waals surface area contributed by atoms with E-state index in [9.17, 15) is 35.2 Å². The molecule has 2 aromatic rings. The van der Waals surface area contributed by atoms with Crippen LogP contribution in [0.1, 0.15) is 48.7 Å². The molecule has 0 saturated heterocycles. The first-order valence-electron chi connectivity index (χ1n) is 10.1. The molecule has 6 nitrogen and oxygen atoms in total. The minimum atomic E-state index is -4.56. The van der Waals surface area contributed by atoms with E-state index in [1.165, 1.54) is 6.07 Å². The molecular weight excluding hydrogens is 469 g/mol. The molecule has 0 saturated carbocycles. The standard InChI is InChI=1S/C21H24F5N3O3S/c1-3-4-5-17-14(6-8-18(28-17)21(24,25)26)7-9-19(30)27-12-13-10-15(22)20(16(23)11-13)29-33(2,31)32/h6,8,10-11,29H,3-5,7,9,12H2,1-2H3,(H,27,30). The van der Waals surface area contributed by atoms with Gasteiger partial charge in [-0.15, -0.1) is 0 Å². The number of anilines is 1. The number of hydrogen-bond donors (Lipinski definition) is 2. The molecular formula is C21H24F5N3O3S. The lowest BCUT2D eigenvalue weighted by Gasteiger charge is -2.13. The van der Waals surface area contributed by atoms with Crippen LogP contribution in [-0.2, 0) is 40.4 Å². The molecule has 2 rings (SSSR count). The van der Waals surface area contributed by atoms with E-state index in [-0.39, 0.29) is 30.6 Å². The molecule has 1 aromatic heterocycles. The Hall–Kier alpha value is -2.76. The fourth-order valence-corrected chi connectivity index (χ4v) is 3.59. The summed E-state index contributed by atoms with van der Waals surface area (Å²) in [5.74, 6) is -2.75. The highest BCUT2D eigenvalue weighted by Gasteiger charge is 2.32. The van der Waals surface area contributed by atoms with Gasteiger partial charge in [0.05, 0.1) is 6.26 Å². The summed E-state index contributed by atoms with van der Waals surface area (Å²) in [7, 11) is -3.88. The van der Waals surface area contributed by atoms with Gasteiger partial charge in [-0.1, -0.05) is 19.4 Å². The Kier molecular flexibility index (Phi) is 8.76. The number of rotatable bonds is 10. The zero-order valence-corrected chi connectivity index (χ0v) is 18.8. The van der Waals surface area contributed by atoms with Crippen LogP contribution in [0, 0.1) is 11.6 Å². The van der Waals surface area contributed by atoms with E-state index in [2.05, 4.69) is 10.3 Å². The van der Waals surface area contributed by atoms with Crippen molar-refractivity contribution in [3.63, 3.8) is 0 Å².